The highest BCUT2D eigenvalue weighted by Gasteiger charge is 2.35. The van der Waals surface area contributed by atoms with Gasteiger partial charge in [0, 0.05) is 18.0 Å². The number of hydrogen-bond donors (Lipinski definition) is 4. The second kappa shape index (κ2) is 9.61. The maximum Gasteiger partial charge on any atom is 0.277 e. The van der Waals surface area contributed by atoms with E-state index in [4.69, 9.17) is 5.11 Å². The van der Waals surface area contributed by atoms with Crippen molar-refractivity contribution < 1.29 is 35.5 Å². The van der Waals surface area contributed by atoms with E-state index in [1.807, 2.05) is 0 Å². The number of aromatic amines is 1. The van der Waals surface area contributed by atoms with Gasteiger partial charge in [0.05, 0.1) is 17.8 Å². The van der Waals surface area contributed by atoms with Gasteiger partial charge in [-0.2, -0.15) is 13.1 Å². The van der Waals surface area contributed by atoms with Crippen molar-refractivity contribution in [3.63, 3.8) is 0 Å². The summed E-state index contributed by atoms with van der Waals surface area (Å²) in [6.07, 6.45) is -2.12. The minimum atomic E-state index is -4.26. The van der Waals surface area contributed by atoms with E-state index in [2.05, 4.69) is 9.71 Å². The number of aliphatic hydroxyl groups excluding tert-OH is 1. The van der Waals surface area contributed by atoms with E-state index in [0.717, 1.165) is 6.07 Å². The van der Waals surface area contributed by atoms with Gasteiger partial charge in [0.2, 0.25) is 0 Å². The Morgan fingerprint density at radius 2 is 1.74 bits per heavy atom. The average molecular weight is 503 g/mol. The minimum absolute atomic E-state index is 0.0375. The molecule has 1 aromatic heterocycles. The van der Waals surface area contributed by atoms with E-state index < -0.39 is 46.7 Å². The Morgan fingerprint density at radius 3 is 2.35 bits per heavy atom. The second-order valence-corrected chi connectivity index (χ2v) is 9.89. The zero-order valence-electron chi connectivity index (χ0n) is 17.7. The summed E-state index contributed by atoms with van der Waals surface area (Å²) < 4.78 is 95.1. The number of fused-ring (bicyclic) bond motifs is 1. The topological polar surface area (TPSA) is 94.2 Å². The molecule has 2 aromatic carbocycles. The van der Waals surface area contributed by atoms with E-state index in [9.17, 15) is 30.4 Å². The molecule has 4 rings (SSSR count). The van der Waals surface area contributed by atoms with Crippen LogP contribution in [0.2, 0.25) is 0 Å². The Balaban J connectivity index is 1.53. The fourth-order valence-corrected chi connectivity index (χ4v) is 5.40. The summed E-state index contributed by atoms with van der Waals surface area (Å²) in [7, 11) is -4.26. The van der Waals surface area contributed by atoms with Crippen LogP contribution < -0.4 is 9.44 Å². The number of aromatic nitrogens is 1. The molecule has 0 bridgehead atoms. The van der Waals surface area contributed by atoms with Gasteiger partial charge in [-0.1, -0.05) is 0 Å². The first-order valence-electron chi connectivity index (χ1n) is 10.5. The molecule has 1 heterocycles. The summed E-state index contributed by atoms with van der Waals surface area (Å²) in [5.41, 5.74) is 1.87. The molecule has 34 heavy (non-hydrogen) atoms. The molecular formula is C22H22F5N3O3S. The van der Waals surface area contributed by atoms with Crippen LogP contribution in [-0.4, -0.2) is 44.1 Å². The molecule has 0 spiro atoms. The lowest BCUT2D eigenvalue weighted by atomic mass is 9.70. The lowest BCUT2D eigenvalue weighted by molar-refractivity contribution is 0.0758. The van der Waals surface area contributed by atoms with E-state index >= 15 is 0 Å². The van der Waals surface area contributed by atoms with Gasteiger partial charge in [0.1, 0.15) is 23.5 Å². The molecule has 3 aromatic rings. The third-order valence-electron chi connectivity index (χ3n) is 6.01. The number of halogens is 5. The molecule has 0 amide bonds. The zero-order chi connectivity index (χ0) is 24.6. The Morgan fingerprint density at radius 1 is 1.06 bits per heavy atom. The molecule has 1 aliphatic carbocycles. The van der Waals surface area contributed by atoms with Crippen molar-refractivity contribution in [3.05, 3.63) is 59.4 Å². The largest absolute Gasteiger partial charge is 0.394 e. The van der Waals surface area contributed by atoms with Crippen molar-refractivity contribution in [2.75, 3.05) is 13.2 Å². The van der Waals surface area contributed by atoms with Crippen LogP contribution in [0.1, 0.15) is 24.3 Å². The van der Waals surface area contributed by atoms with Gasteiger partial charge in [0.25, 0.3) is 16.6 Å². The highest BCUT2D eigenvalue weighted by atomic mass is 32.2. The summed E-state index contributed by atoms with van der Waals surface area (Å²) >= 11 is 0. The number of hydrogen-bond acceptors (Lipinski definition) is 3. The summed E-state index contributed by atoms with van der Waals surface area (Å²) in [4.78, 5) is 2.97. The third-order valence-corrected chi connectivity index (χ3v) is 7.17. The molecule has 0 saturated heterocycles. The molecule has 1 atom stereocenters. The SMILES string of the molecule is O=S(=O)(NC[C@H]1C[C@H](c2c(-c3ccc(F)cc3)[nH]c3c(F)cc(F)cc32)C1)N[C@@H](CO)C(F)F. The molecule has 4 N–H and O–H groups in total. The third kappa shape index (κ3) is 5.09. The number of aliphatic hydroxyl groups is 1. The predicted octanol–water partition coefficient (Wildman–Crippen LogP) is 3.80. The Bertz CT molecular complexity index is 1280. The molecule has 1 saturated carbocycles. The lowest BCUT2D eigenvalue weighted by Crippen LogP contribution is -2.49. The molecule has 12 heteroatoms. The van der Waals surface area contributed by atoms with Crippen LogP contribution >= 0.6 is 0 Å². The van der Waals surface area contributed by atoms with Gasteiger partial charge >= 0.3 is 0 Å². The van der Waals surface area contributed by atoms with E-state index in [-0.39, 0.29) is 23.9 Å². The number of benzene rings is 2. The smallest absolute Gasteiger partial charge is 0.277 e. The van der Waals surface area contributed by atoms with E-state index in [0.29, 0.717) is 35.0 Å². The van der Waals surface area contributed by atoms with E-state index in [1.54, 1.807) is 4.72 Å². The molecule has 1 aliphatic rings. The van der Waals surface area contributed by atoms with Crippen LogP contribution in [0.3, 0.4) is 0 Å². The van der Waals surface area contributed by atoms with Gasteiger partial charge in [-0.15, -0.1) is 0 Å². The maximum atomic E-state index is 14.4. The highest BCUT2D eigenvalue weighted by molar-refractivity contribution is 7.87. The molecule has 0 aliphatic heterocycles. The standard InChI is InChI=1S/C22H22F5N3O3S/c23-14-3-1-12(2-4-14)20-19(16-7-15(24)8-17(25)21(16)29-20)13-5-11(6-13)9-28-34(32,33)30-18(10-31)22(26)27/h1-4,7-8,11,13,18,22,28-31H,5-6,9-10H2/t11-,13-,18-/m0/s1. The van der Waals surface area contributed by atoms with Gasteiger partial charge in [-0.25, -0.2) is 26.7 Å². The van der Waals surface area contributed by atoms with Crippen LogP contribution in [0, 0.1) is 23.4 Å². The Hall–Kier alpha value is -2.54. The normalized spacial score (nSPS) is 19.5. The van der Waals surface area contributed by atoms with Gasteiger partial charge in [-0.3, -0.25) is 0 Å². The van der Waals surface area contributed by atoms with Gasteiger partial charge < -0.3 is 10.1 Å². The number of nitrogens with one attached hydrogen (secondary N) is 3. The van der Waals surface area contributed by atoms with Crippen molar-refractivity contribution in [2.45, 2.75) is 31.2 Å². The maximum absolute atomic E-state index is 14.4. The Kier molecular flexibility index (Phi) is 6.94. The monoisotopic (exact) mass is 503 g/mol. The average Bonchev–Trinajstić information content (AvgIpc) is 3.10. The number of rotatable bonds is 9. The van der Waals surface area contributed by atoms with Crippen LogP contribution in [-0.2, 0) is 10.2 Å². The quantitative estimate of drug-likeness (QED) is 0.335. The van der Waals surface area contributed by atoms with Crippen molar-refractivity contribution in [3.8, 4) is 11.3 Å². The van der Waals surface area contributed by atoms with Gasteiger partial charge in [0.15, 0.2) is 0 Å². The molecule has 184 valence electrons. The van der Waals surface area contributed by atoms with E-state index in [1.165, 1.54) is 30.3 Å². The van der Waals surface area contributed by atoms with Crippen LogP contribution in [0.4, 0.5) is 22.0 Å². The molecular weight excluding hydrogens is 481 g/mol. The van der Waals surface area contributed by atoms with Crippen molar-refractivity contribution in [2.24, 2.45) is 5.92 Å². The number of alkyl halides is 2. The van der Waals surface area contributed by atoms with Crippen LogP contribution in [0.25, 0.3) is 22.2 Å². The minimum Gasteiger partial charge on any atom is -0.394 e. The van der Waals surface area contributed by atoms with Crippen molar-refractivity contribution >= 4 is 21.1 Å². The first kappa shape index (κ1) is 24.6. The fraction of sp³-hybridized carbons (Fsp3) is 0.364. The molecule has 0 radical (unpaired) electrons. The second-order valence-electron chi connectivity index (χ2n) is 8.36. The first-order chi connectivity index (χ1) is 16.1. The molecule has 0 unspecified atom stereocenters. The van der Waals surface area contributed by atoms with Crippen LogP contribution in [0.5, 0.6) is 0 Å². The molecule has 1 fully saturated rings. The zero-order valence-corrected chi connectivity index (χ0v) is 18.5. The van der Waals surface area contributed by atoms with Gasteiger partial charge in [-0.05, 0) is 66.1 Å². The first-order valence-corrected chi connectivity index (χ1v) is 12.0. The number of H-pyrrole nitrogens is 1. The summed E-state index contributed by atoms with van der Waals surface area (Å²) in [6.45, 7) is -1.09. The van der Waals surface area contributed by atoms with Crippen molar-refractivity contribution in [1.82, 2.24) is 14.4 Å². The molecule has 6 nitrogen and oxygen atoms in total. The highest BCUT2D eigenvalue weighted by Crippen LogP contribution is 2.48. The van der Waals surface area contributed by atoms with Crippen molar-refractivity contribution in [1.29, 1.82) is 0 Å². The summed E-state index contributed by atoms with van der Waals surface area (Å²) in [5.74, 6) is -2.27. The fourth-order valence-electron chi connectivity index (χ4n) is 4.28. The Labute approximate surface area is 192 Å². The summed E-state index contributed by atoms with van der Waals surface area (Å²) in [6, 6.07) is 5.62. The lowest BCUT2D eigenvalue weighted by Gasteiger charge is -2.36. The predicted molar refractivity (Wildman–Crippen MR) is 116 cm³/mol. The van der Waals surface area contributed by atoms with Crippen LogP contribution in [0.15, 0.2) is 36.4 Å². The summed E-state index contributed by atoms with van der Waals surface area (Å²) in [5, 5.41) is 9.24.